The van der Waals surface area contributed by atoms with Crippen molar-refractivity contribution in [2.75, 3.05) is 13.2 Å². The Morgan fingerprint density at radius 3 is 0.798 bits per heavy atom. The molecule has 0 spiro atoms. The standard InChI is InChI=1S/C78H94O11/c1-3-5-7-9-11-13-15-17-19-21-23-25-27-29-57-84-67-44-39-64(40-45-67)75(80)86-69-48-31-60(32-49-69)62-35-52-71(53-36-62)88-77(82)66-43-56-74(79)73(59-66)78(83)89-72-54-37-63(38-55-72)61-33-50-70(51-34-61)87-76(81)65-41-46-68(47-42-65)85-58-30-28-26-24-22-20-18-16-14-12-10-8-6-4-2/h31-56,59,79H,3-30,57-58H2,1-2H3. The van der Waals surface area contributed by atoms with Crippen molar-refractivity contribution in [1.29, 1.82) is 0 Å². The SMILES string of the molecule is CCCCCCCCCCCCCCCCOc1ccc(C(=O)Oc2ccc(-c3ccc(OC(=O)c4ccc(O)c(C(=O)Oc5ccc(-c6ccc(OC(=O)c7ccc(OCCCCCCCCCCCCCCCC)cc7)cc6)cc5)c4)cc3)cc2)cc1. The second kappa shape index (κ2) is 39.7. The number of unbranched alkanes of at least 4 members (excludes halogenated alkanes) is 26. The normalized spacial score (nSPS) is 11.0. The van der Waals surface area contributed by atoms with Gasteiger partial charge in [-0.2, -0.15) is 0 Å². The molecule has 7 aromatic carbocycles. The summed E-state index contributed by atoms with van der Waals surface area (Å²) in [6, 6.07) is 45.7. The molecule has 0 unspecified atom stereocenters. The van der Waals surface area contributed by atoms with Crippen molar-refractivity contribution in [1.82, 2.24) is 0 Å². The number of rotatable bonds is 42. The maximum Gasteiger partial charge on any atom is 0.347 e. The molecule has 7 rings (SSSR count). The predicted molar refractivity (Wildman–Crippen MR) is 356 cm³/mol. The highest BCUT2D eigenvalue weighted by molar-refractivity contribution is 5.99. The fourth-order valence-electron chi connectivity index (χ4n) is 10.7. The molecule has 0 radical (unpaired) electrons. The van der Waals surface area contributed by atoms with Gasteiger partial charge in [0.1, 0.15) is 45.8 Å². The van der Waals surface area contributed by atoms with Gasteiger partial charge in [0, 0.05) is 0 Å². The van der Waals surface area contributed by atoms with Gasteiger partial charge in [0.25, 0.3) is 0 Å². The van der Waals surface area contributed by atoms with E-state index in [2.05, 4.69) is 13.8 Å². The lowest BCUT2D eigenvalue weighted by atomic mass is 10.0. The molecule has 1 N–H and O–H groups in total. The summed E-state index contributed by atoms with van der Waals surface area (Å²) in [6.45, 7) is 5.84. The maximum absolute atomic E-state index is 13.3. The van der Waals surface area contributed by atoms with E-state index < -0.39 is 23.9 Å². The van der Waals surface area contributed by atoms with Crippen LogP contribution >= 0.6 is 0 Å². The van der Waals surface area contributed by atoms with Gasteiger partial charge in [-0.1, -0.05) is 229 Å². The van der Waals surface area contributed by atoms with Crippen LogP contribution in [0.4, 0.5) is 0 Å². The summed E-state index contributed by atoms with van der Waals surface area (Å²) in [4.78, 5) is 52.6. The molecule has 11 heteroatoms. The van der Waals surface area contributed by atoms with E-state index in [0.717, 1.165) is 59.4 Å². The number of aromatic hydroxyl groups is 1. The number of hydrogen-bond acceptors (Lipinski definition) is 11. The Hall–Kier alpha value is -8.18. The number of benzene rings is 7. The van der Waals surface area contributed by atoms with Crippen molar-refractivity contribution < 1.29 is 52.7 Å². The van der Waals surface area contributed by atoms with Crippen molar-refractivity contribution >= 4 is 23.9 Å². The van der Waals surface area contributed by atoms with Crippen molar-refractivity contribution in [2.45, 2.75) is 194 Å². The Labute approximate surface area is 529 Å². The van der Waals surface area contributed by atoms with Crippen LogP contribution in [-0.4, -0.2) is 42.2 Å². The number of hydrogen-bond donors (Lipinski definition) is 1. The molecule has 0 fully saturated rings. The van der Waals surface area contributed by atoms with Crippen molar-refractivity contribution in [2.24, 2.45) is 0 Å². The lowest BCUT2D eigenvalue weighted by Gasteiger charge is -2.10. The minimum absolute atomic E-state index is 0.0290. The molecule has 89 heavy (non-hydrogen) atoms. The smallest absolute Gasteiger partial charge is 0.347 e. The average Bonchev–Trinajstić information content (AvgIpc) is 3.75. The van der Waals surface area contributed by atoms with Crippen LogP contribution in [0.25, 0.3) is 22.3 Å². The van der Waals surface area contributed by atoms with Crippen LogP contribution < -0.4 is 28.4 Å². The van der Waals surface area contributed by atoms with E-state index in [4.69, 9.17) is 28.4 Å². The van der Waals surface area contributed by atoms with Crippen LogP contribution in [0, 0.1) is 0 Å². The molecule has 0 heterocycles. The van der Waals surface area contributed by atoms with Gasteiger partial charge in [-0.25, -0.2) is 19.2 Å². The van der Waals surface area contributed by atoms with Gasteiger partial charge in [0.05, 0.1) is 29.9 Å². The summed E-state index contributed by atoms with van der Waals surface area (Å²) >= 11 is 0. The summed E-state index contributed by atoms with van der Waals surface area (Å²) in [6.07, 6.45) is 36.7. The number of carbonyl (C=O) groups excluding carboxylic acids is 4. The fraction of sp³-hybridized carbons (Fsp3) is 0.410. The molecule has 0 aliphatic carbocycles. The van der Waals surface area contributed by atoms with Gasteiger partial charge >= 0.3 is 23.9 Å². The molecule has 0 aliphatic rings. The Morgan fingerprint density at radius 2 is 0.506 bits per heavy atom. The average molecular weight is 1210 g/mol. The molecule has 472 valence electrons. The zero-order chi connectivity index (χ0) is 62.5. The number of phenols is 1. The molecule has 0 aliphatic heterocycles. The van der Waals surface area contributed by atoms with E-state index in [-0.39, 0.29) is 28.4 Å². The summed E-state index contributed by atoms with van der Waals surface area (Å²) in [7, 11) is 0. The Morgan fingerprint density at radius 1 is 0.270 bits per heavy atom. The first-order chi connectivity index (χ1) is 43.6. The van der Waals surface area contributed by atoms with Crippen LogP contribution in [0.2, 0.25) is 0 Å². The van der Waals surface area contributed by atoms with E-state index in [0.29, 0.717) is 35.8 Å². The molecule has 0 saturated heterocycles. The van der Waals surface area contributed by atoms with Crippen molar-refractivity contribution in [3.63, 3.8) is 0 Å². The molecule has 11 nitrogen and oxygen atoms in total. The fourth-order valence-corrected chi connectivity index (χ4v) is 10.7. The van der Waals surface area contributed by atoms with E-state index in [1.54, 1.807) is 121 Å². The molecule has 0 aromatic heterocycles. The van der Waals surface area contributed by atoms with Gasteiger partial charge in [-0.15, -0.1) is 0 Å². The molecule has 7 aromatic rings. The number of carbonyl (C=O) groups is 4. The Balaban J connectivity index is 0.764. The quantitative estimate of drug-likeness (QED) is 0.0222. The second-order valence-corrected chi connectivity index (χ2v) is 23.3. The van der Waals surface area contributed by atoms with E-state index in [9.17, 15) is 24.3 Å². The monoisotopic (exact) mass is 1210 g/mol. The van der Waals surface area contributed by atoms with E-state index >= 15 is 0 Å². The maximum atomic E-state index is 13.3. The Kier molecular flexibility index (Phi) is 30.4. The highest BCUT2D eigenvalue weighted by Gasteiger charge is 2.19. The highest BCUT2D eigenvalue weighted by atomic mass is 16.5. The summed E-state index contributed by atoms with van der Waals surface area (Å²) in [5, 5.41) is 10.6. The molecule has 0 bridgehead atoms. The molecular formula is C78H94O11. The van der Waals surface area contributed by atoms with Crippen LogP contribution in [0.3, 0.4) is 0 Å². The molecule has 0 saturated carbocycles. The predicted octanol–water partition coefficient (Wildman–Crippen LogP) is 21.3. The summed E-state index contributed by atoms with van der Waals surface area (Å²) in [5.74, 6) is -0.196. The zero-order valence-corrected chi connectivity index (χ0v) is 52.8. The largest absolute Gasteiger partial charge is 0.507 e. The van der Waals surface area contributed by atoms with Crippen LogP contribution in [0.1, 0.15) is 235 Å². The van der Waals surface area contributed by atoms with Crippen molar-refractivity contribution in [3.8, 4) is 62.5 Å². The first kappa shape index (κ1) is 68.3. The topological polar surface area (TPSA) is 144 Å². The molecule has 0 atom stereocenters. The van der Waals surface area contributed by atoms with E-state index in [1.165, 1.54) is 172 Å². The lowest BCUT2D eigenvalue weighted by molar-refractivity contribution is 0.0718. The van der Waals surface area contributed by atoms with Gasteiger partial charge < -0.3 is 33.5 Å². The molecule has 0 amide bonds. The third kappa shape index (κ3) is 25.1. The van der Waals surface area contributed by atoms with Crippen LogP contribution in [0.15, 0.2) is 164 Å². The number of phenolic OH excluding ortho intramolecular Hbond substituents is 1. The third-order valence-corrected chi connectivity index (χ3v) is 16.1. The Bertz CT molecular complexity index is 3150. The number of ether oxygens (including phenoxy) is 6. The third-order valence-electron chi connectivity index (χ3n) is 16.1. The van der Waals surface area contributed by atoms with Gasteiger partial charge in [0.15, 0.2) is 0 Å². The van der Waals surface area contributed by atoms with Gasteiger partial charge in [-0.05, 0) is 150 Å². The van der Waals surface area contributed by atoms with Gasteiger partial charge in [0.2, 0.25) is 0 Å². The zero-order valence-electron chi connectivity index (χ0n) is 52.8. The van der Waals surface area contributed by atoms with E-state index in [1.807, 2.05) is 24.3 Å². The first-order valence-electron chi connectivity index (χ1n) is 33.2. The summed E-state index contributed by atoms with van der Waals surface area (Å²) < 4.78 is 34.4. The van der Waals surface area contributed by atoms with Crippen molar-refractivity contribution in [3.05, 3.63) is 186 Å². The summed E-state index contributed by atoms with van der Waals surface area (Å²) in [5.41, 5.74) is 3.99. The minimum atomic E-state index is -0.867. The lowest BCUT2D eigenvalue weighted by Crippen LogP contribution is -2.13. The van der Waals surface area contributed by atoms with Gasteiger partial charge in [-0.3, -0.25) is 0 Å². The second-order valence-electron chi connectivity index (χ2n) is 23.3. The minimum Gasteiger partial charge on any atom is -0.507 e. The first-order valence-corrected chi connectivity index (χ1v) is 33.2. The number of esters is 4. The molecular weight excluding hydrogens is 1110 g/mol. The van der Waals surface area contributed by atoms with Crippen LogP contribution in [-0.2, 0) is 0 Å². The highest BCUT2D eigenvalue weighted by Crippen LogP contribution is 2.30. The van der Waals surface area contributed by atoms with Crippen LogP contribution in [0.5, 0.6) is 40.2 Å².